The van der Waals surface area contributed by atoms with Crippen LogP contribution in [0, 0.1) is 5.82 Å². The molecule has 3 heterocycles. The predicted molar refractivity (Wildman–Crippen MR) is 110 cm³/mol. The first-order chi connectivity index (χ1) is 14.6. The average Bonchev–Trinajstić information content (AvgIpc) is 3.09. The van der Waals surface area contributed by atoms with Gasteiger partial charge < -0.3 is 5.32 Å². The van der Waals surface area contributed by atoms with E-state index in [1.54, 1.807) is 24.3 Å². The third-order valence-corrected chi connectivity index (χ3v) is 4.67. The van der Waals surface area contributed by atoms with Gasteiger partial charge in [-0.1, -0.05) is 29.8 Å². The largest absolute Gasteiger partial charge is 0.318 e. The van der Waals surface area contributed by atoms with Crippen molar-refractivity contribution >= 4 is 39.8 Å². The lowest BCUT2D eigenvalue weighted by molar-refractivity contribution is 0.628. The van der Waals surface area contributed by atoms with Crippen molar-refractivity contribution in [3.8, 4) is 11.4 Å². The number of benzene rings is 2. The SMILES string of the molecule is O=c1nccncc1Nc1nc2c(Cl)cccc2c2nc(-c3cccc(F)c3)nn12. The second kappa shape index (κ2) is 7.12. The van der Waals surface area contributed by atoms with Crippen LogP contribution in [0.3, 0.4) is 0 Å². The highest BCUT2D eigenvalue weighted by Gasteiger charge is 2.17. The molecule has 0 fully saturated rings. The molecule has 0 saturated heterocycles. The molecule has 0 aliphatic rings. The van der Waals surface area contributed by atoms with Crippen LogP contribution in [0.15, 0.2) is 65.8 Å². The lowest BCUT2D eigenvalue weighted by Crippen LogP contribution is -2.12. The Morgan fingerprint density at radius 3 is 2.80 bits per heavy atom. The van der Waals surface area contributed by atoms with E-state index >= 15 is 0 Å². The first kappa shape index (κ1) is 18.1. The van der Waals surface area contributed by atoms with E-state index in [9.17, 15) is 9.18 Å². The van der Waals surface area contributed by atoms with Gasteiger partial charge in [-0.2, -0.15) is 4.52 Å². The lowest BCUT2D eigenvalue weighted by atomic mass is 10.2. The van der Waals surface area contributed by atoms with Crippen LogP contribution in [0.1, 0.15) is 0 Å². The van der Waals surface area contributed by atoms with Crippen molar-refractivity contribution < 1.29 is 4.39 Å². The summed E-state index contributed by atoms with van der Waals surface area (Å²) in [6, 6.07) is 11.2. The van der Waals surface area contributed by atoms with Crippen LogP contribution < -0.4 is 10.9 Å². The second-order valence-electron chi connectivity index (χ2n) is 6.30. The van der Waals surface area contributed by atoms with Gasteiger partial charge in [-0.05, 0) is 24.3 Å². The Hall–Kier alpha value is -3.98. The van der Waals surface area contributed by atoms with Gasteiger partial charge in [-0.3, -0.25) is 9.78 Å². The lowest BCUT2D eigenvalue weighted by Gasteiger charge is -2.08. The van der Waals surface area contributed by atoms with E-state index in [4.69, 9.17) is 11.6 Å². The minimum atomic E-state index is -0.521. The van der Waals surface area contributed by atoms with Crippen LogP contribution in [-0.2, 0) is 0 Å². The van der Waals surface area contributed by atoms with Crippen LogP contribution in [0.5, 0.6) is 0 Å². The Bertz CT molecular complexity index is 1490. The minimum Gasteiger partial charge on any atom is -0.318 e. The van der Waals surface area contributed by atoms with E-state index in [2.05, 4.69) is 30.4 Å². The summed E-state index contributed by atoms with van der Waals surface area (Å²) in [5.41, 5.74) is 0.993. The quantitative estimate of drug-likeness (QED) is 0.476. The fourth-order valence-electron chi connectivity index (χ4n) is 3.02. The summed E-state index contributed by atoms with van der Waals surface area (Å²) in [7, 11) is 0. The number of aromatic nitrogens is 6. The maximum Gasteiger partial charge on any atom is 0.295 e. The molecule has 0 amide bonds. The second-order valence-corrected chi connectivity index (χ2v) is 6.71. The number of fused-ring (bicyclic) bond motifs is 3. The summed E-state index contributed by atoms with van der Waals surface area (Å²) in [5.74, 6) is 0.0809. The molecule has 0 radical (unpaired) electrons. The van der Waals surface area contributed by atoms with Gasteiger partial charge in [0.1, 0.15) is 11.5 Å². The molecular weight excluding hydrogens is 409 g/mol. The van der Waals surface area contributed by atoms with Crippen LogP contribution in [0.25, 0.3) is 27.9 Å². The summed E-state index contributed by atoms with van der Waals surface area (Å²) < 4.78 is 15.1. The van der Waals surface area contributed by atoms with Gasteiger partial charge in [0.2, 0.25) is 5.95 Å². The molecule has 0 aliphatic heterocycles. The molecule has 8 nitrogen and oxygen atoms in total. The zero-order chi connectivity index (χ0) is 20.7. The molecule has 146 valence electrons. The van der Waals surface area contributed by atoms with Crippen molar-refractivity contribution in [2.45, 2.75) is 0 Å². The van der Waals surface area contributed by atoms with E-state index in [0.717, 1.165) is 0 Å². The average molecular weight is 420 g/mol. The van der Waals surface area contributed by atoms with E-state index < -0.39 is 11.4 Å². The standard InChI is InChI=1S/C20H11ClFN7O/c21-14-6-2-5-13-16(14)26-20(25-15-10-23-7-8-24-19(15)30)29-18(13)27-17(28-29)11-3-1-4-12(22)9-11/h1-10H,(H,24,25,26,30). The van der Waals surface area contributed by atoms with Crippen LogP contribution >= 0.6 is 11.6 Å². The van der Waals surface area contributed by atoms with Crippen molar-refractivity contribution in [3.63, 3.8) is 0 Å². The Balaban J connectivity index is 1.79. The highest BCUT2D eigenvalue weighted by atomic mass is 35.5. The maximum absolute atomic E-state index is 13.7. The summed E-state index contributed by atoms with van der Waals surface area (Å²) in [4.78, 5) is 29.0. The first-order valence-corrected chi connectivity index (χ1v) is 9.16. The Labute approximate surface area is 173 Å². The minimum absolute atomic E-state index is 0.100. The molecule has 5 rings (SSSR count). The fourth-order valence-corrected chi connectivity index (χ4v) is 3.23. The Morgan fingerprint density at radius 2 is 1.93 bits per heavy atom. The molecule has 0 unspecified atom stereocenters. The molecule has 0 atom stereocenters. The Morgan fingerprint density at radius 1 is 1.07 bits per heavy atom. The number of nitrogens with zero attached hydrogens (tertiary/aromatic N) is 6. The van der Waals surface area contributed by atoms with E-state index in [0.29, 0.717) is 33.0 Å². The zero-order valence-electron chi connectivity index (χ0n) is 15.1. The van der Waals surface area contributed by atoms with Gasteiger partial charge in [0.05, 0.1) is 16.7 Å². The van der Waals surface area contributed by atoms with Crippen LogP contribution in [0.4, 0.5) is 16.0 Å². The molecule has 0 aliphatic carbocycles. The molecule has 10 heteroatoms. The summed E-state index contributed by atoms with van der Waals surface area (Å²) in [5, 5.41) is 8.44. The molecule has 3 aromatic heterocycles. The van der Waals surface area contributed by atoms with E-state index in [1.807, 2.05) is 6.07 Å². The van der Waals surface area contributed by atoms with Crippen molar-refractivity contribution in [1.29, 1.82) is 0 Å². The van der Waals surface area contributed by atoms with Crippen molar-refractivity contribution in [3.05, 3.63) is 82.2 Å². The van der Waals surface area contributed by atoms with E-state index in [1.165, 1.54) is 35.2 Å². The number of hydrogen-bond donors (Lipinski definition) is 1. The van der Waals surface area contributed by atoms with Gasteiger partial charge in [-0.25, -0.2) is 19.3 Å². The molecule has 0 bridgehead atoms. The van der Waals surface area contributed by atoms with Crippen molar-refractivity contribution in [1.82, 2.24) is 29.5 Å². The van der Waals surface area contributed by atoms with E-state index in [-0.39, 0.29) is 11.6 Å². The molecule has 1 N–H and O–H groups in total. The molecule has 2 aromatic carbocycles. The third kappa shape index (κ3) is 3.11. The van der Waals surface area contributed by atoms with Gasteiger partial charge in [0.15, 0.2) is 11.5 Å². The molecule has 0 spiro atoms. The topological polar surface area (TPSA) is 98.0 Å². The summed E-state index contributed by atoms with van der Waals surface area (Å²) in [6.45, 7) is 0. The zero-order valence-corrected chi connectivity index (χ0v) is 15.9. The van der Waals surface area contributed by atoms with Crippen LogP contribution in [0.2, 0.25) is 5.02 Å². The third-order valence-electron chi connectivity index (χ3n) is 4.36. The van der Waals surface area contributed by atoms with Crippen molar-refractivity contribution in [2.75, 3.05) is 5.32 Å². The fraction of sp³-hybridized carbons (Fsp3) is 0. The number of anilines is 2. The van der Waals surface area contributed by atoms with Gasteiger partial charge >= 0.3 is 0 Å². The molecular formula is C20H11ClFN7O. The number of para-hydroxylation sites is 1. The normalized spacial score (nSPS) is 11.1. The van der Waals surface area contributed by atoms with Gasteiger partial charge in [0, 0.05) is 23.3 Å². The first-order valence-electron chi connectivity index (χ1n) is 8.78. The summed E-state index contributed by atoms with van der Waals surface area (Å²) in [6.07, 6.45) is 4.03. The Kier molecular flexibility index (Phi) is 4.29. The summed E-state index contributed by atoms with van der Waals surface area (Å²) >= 11 is 6.35. The monoisotopic (exact) mass is 419 g/mol. The molecule has 5 aromatic rings. The smallest absolute Gasteiger partial charge is 0.295 e. The van der Waals surface area contributed by atoms with Gasteiger partial charge in [-0.15, -0.1) is 5.10 Å². The van der Waals surface area contributed by atoms with Gasteiger partial charge in [0.25, 0.3) is 5.56 Å². The number of halogens is 2. The molecule has 0 saturated carbocycles. The molecule has 30 heavy (non-hydrogen) atoms. The van der Waals surface area contributed by atoms with Crippen LogP contribution in [-0.4, -0.2) is 29.5 Å². The highest BCUT2D eigenvalue weighted by Crippen LogP contribution is 2.29. The number of rotatable bonds is 3. The maximum atomic E-state index is 13.7. The number of hydrogen-bond acceptors (Lipinski definition) is 7. The predicted octanol–water partition coefficient (Wildman–Crippen LogP) is 3.63. The highest BCUT2D eigenvalue weighted by molar-refractivity contribution is 6.35. The number of nitrogens with one attached hydrogen (secondary N) is 1. The van der Waals surface area contributed by atoms with Crippen molar-refractivity contribution in [2.24, 2.45) is 0 Å².